The fourth-order valence-corrected chi connectivity index (χ4v) is 13.3. The van der Waals surface area contributed by atoms with E-state index in [1.54, 1.807) is 23.5 Å². The van der Waals surface area contributed by atoms with E-state index in [9.17, 15) is 19.8 Å². The highest BCUT2D eigenvalue weighted by atomic mass is 32.1. The van der Waals surface area contributed by atoms with Gasteiger partial charge in [-0.1, -0.05) is 55.4 Å². The van der Waals surface area contributed by atoms with Crippen LogP contribution in [0.25, 0.3) is 32.7 Å². The van der Waals surface area contributed by atoms with Crippen molar-refractivity contribution in [2.75, 3.05) is 49.1 Å². The van der Waals surface area contributed by atoms with Gasteiger partial charge in [-0.05, 0) is 99.3 Å². The van der Waals surface area contributed by atoms with Crippen molar-refractivity contribution >= 4 is 46.0 Å². The average molecular weight is 1000 g/mol. The van der Waals surface area contributed by atoms with Crippen LogP contribution in [0.5, 0.6) is 5.75 Å². The maximum absolute atomic E-state index is 14.3. The minimum absolute atomic E-state index is 0.0244. The van der Waals surface area contributed by atoms with Crippen LogP contribution in [-0.2, 0) is 22.6 Å². The van der Waals surface area contributed by atoms with Crippen molar-refractivity contribution in [1.82, 2.24) is 50.4 Å². The number of anilines is 2. The van der Waals surface area contributed by atoms with Crippen LogP contribution in [0.1, 0.15) is 105 Å². The Bertz CT molecular complexity index is 3150. The van der Waals surface area contributed by atoms with Gasteiger partial charge < -0.3 is 44.6 Å². The van der Waals surface area contributed by atoms with Crippen LogP contribution in [0.3, 0.4) is 0 Å². The van der Waals surface area contributed by atoms with Crippen LogP contribution in [0, 0.1) is 18.3 Å². The molecule has 2 amide bonds. The quantitative estimate of drug-likeness (QED) is 0.0935. The molecule has 4 atom stereocenters. The molecule has 4 fully saturated rings. The van der Waals surface area contributed by atoms with Crippen LogP contribution in [0.4, 0.5) is 11.8 Å². The molecule has 3 saturated heterocycles. The summed E-state index contributed by atoms with van der Waals surface area (Å²) in [6, 6.07) is 19.0. The van der Waals surface area contributed by atoms with Crippen molar-refractivity contribution in [3.63, 3.8) is 0 Å². The third kappa shape index (κ3) is 8.79. The van der Waals surface area contributed by atoms with Gasteiger partial charge in [0, 0.05) is 97.7 Å². The van der Waals surface area contributed by atoms with E-state index in [4.69, 9.17) is 14.5 Å². The molecule has 12 rings (SSSR count). The van der Waals surface area contributed by atoms with E-state index in [0.717, 1.165) is 115 Å². The molecule has 1 spiro atoms. The highest BCUT2D eigenvalue weighted by Gasteiger charge is 2.55. The van der Waals surface area contributed by atoms with E-state index < -0.39 is 18.1 Å². The standard InChI is InChI=1S/C55H62N12O5S/c1-31(2)48(53(71)67-27-39(68)19-44(67)52(70)56-24-34-9-11-36(12-10-34)50-32(3)59-30-73-50)46-21-47(63-72-46)65-28-55(29-65)22-38(23-55)64-16-13-35(14-17-64)37-25-57-54(58-26-37)66-18-15-42-49(33(66)4)41-20-43(61-62-51(41)60-42)40-7-5-6-8-45(40)69/h5-12,20-21,25-26,30-31,33,35,38-39,44,48,68-69H,13-19,22-24,27-29H2,1-4H3,(H,56,70)(H,60,62)/t33-,39-,44+,48?/m1/s1. The second-order valence-corrected chi connectivity index (χ2v) is 22.4. The lowest BCUT2D eigenvalue weighted by molar-refractivity contribution is -0.141. The normalized spacial score (nSPS) is 21.7. The molecule has 18 heteroatoms. The van der Waals surface area contributed by atoms with Gasteiger partial charge in [-0.15, -0.1) is 21.5 Å². The Labute approximate surface area is 428 Å². The summed E-state index contributed by atoms with van der Waals surface area (Å²) in [4.78, 5) is 55.5. The van der Waals surface area contributed by atoms with Crippen molar-refractivity contribution in [3.8, 4) is 27.4 Å². The summed E-state index contributed by atoms with van der Waals surface area (Å²) in [7, 11) is 0. The number of rotatable bonds is 12. The van der Waals surface area contributed by atoms with Crippen LogP contribution < -0.4 is 15.1 Å². The summed E-state index contributed by atoms with van der Waals surface area (Å²) in [6.07, 6.45) is 8.78. The molecule has 73 heavy (non-hydrogen) atoms. The molecule has 4 aliphatic heterocycles. The number of H-pyrrole nitrogens is 1. The number of benzene rings is 2. The Morgan fingerprint density at radius 1 is 0.986 bits per heavy atom. The highest BCUT2D eigenvalue weighted by molar-refractivity contribution is 7.13. The Kier molecular flexibility index (Phi) is 12.3. The lowest BCUT2D eigenvalue weighted by Crippen LogP contribution is -2.67. The number of thiazole rings is 1. The number of aromatic hydroxyl groups is 1. The number of likely N-dealkylation sites (tertiary alicyclic amines) is 2. The zero-order valence-corrected chi connectivity index (χ0v) is 42.6. The van der Waals surface area contributed by atoms with Gasteiger partial charge in [0.1, 0.15) is 17.7 Å². The predicted octanol–water partition coefficient (Wildman–Crippen LogP) is 7.53. The minimum atomic E-state index is -0.791. The Morgan fingerprint density at radius 2 is 1.75 bits per heavy atom. The summed E-state index contributed by atoms with van der Waals surface area (Å²) >= 11 is 1.60. The van der Waals surface area contributed by atoms with Gasteiger partial charge in [-0.3, -0.25) is 9.59 Å². The third-order valence-electron chi connectivity index (χ3n) is 16.5. The molecule has 2 aromatic carbocycles. The van der Waals surface area contributed by atoms with Crippen molar-refractivity contribution in [3.05, 3.63) is 112 Å². The first-order valence-electron chi connectivity index (χ1n) is 25.8. The monoisotopic (exact) mass is 1000 g/mol. The average Bonchev–Trinajstić information content (AvgIpc) is 4.20. The molecule has 1 saturated carbocycles. The van der Waals surface area contributed by atoms with Gasteiger partial charge in [0.25, 0.3) is 0 Å². The topological polar surface area (TPSA) is 206 Å². The fraction of sp³-hybridized carbons (Fsp3) is 0.455. The largest absolute Gasteiger partial charge is 0.507 e. The van der Waals surface area contributed by atoms with Crippen molar-refractivity contribution < 1.29 is 24.3 Å². The van der Waals surface area contributed by atoms with E-state index in [0.29, 0.717) is 35.5 Å². The van der Waals surface area contributed by atoms with Crippen molar-refractivity contribution in [1.29, 1.82) is 0 Å². The molecule has 1 aliphatic carbocycles. The first kappa shape index (κ1) is 47.3. The molecule has 7 aromatic rings. The van der Waals surface area contributed by atoms with Crippen molar-refractivity contribution in [2.45, 2.75) is 109 Å². The number of amides is 2. The number of phenolic OH excluding ortho intramolecular Hbond substituents is 1. The number of para-hydroxylation sites is 1. The number of carbonyl (C=O) groups excluding carboxylic acids is 2. The molecule has 4 N–H and O–H groups in total. The number of piperidine rings is 1. The van der Waals surface area contributed by atoms with E-state index in [1.165, 1.54) is 16.0 Å². The number of aryl methyl sites for hydroxylation is 1. The number of carbonyl (C=O) groups is 2. The van der Waals surface area contributed by atoms with Gasteiger partial charge in [-0.25, -0.2) is 15.0 Å². The second-order valence-electron chi connectivity index (χ2n) is 21.6. The molecule has 5 aromatic heterocycles. The lowest BCUT2D eigenvalue weighted by atomic mass is 9.60. The van der Waals surface area contributed by atoms with Gasteiger partial charge in [0.2, 0.25) is 17.8 Å². The molecule has 17 nitrogen and oxygen atoms in total. The molecule has 5 aliphatic rings. The number of nitrogens with zero attached hydrogens (tertiary/aromatic N) is 10. The molecule has 0 bridgehead atoms. The highest BCUT2D eigenvalue weighted by Crippen LogP contribution is 2.52. The Hall–Kier alpha value is -6.76. The fourth-order valence-electron chi connectivity index (χ4n) is 12.5. The van der Waals surface area contributed by atoms with Crippen LogP contribution in [0.15, 0.2) is 83.1 Å². The van der Waals surface area contributed by atoms with Crippen LogP contribution >= 0.6 is 11.3 Å². The van der Waals surface area contributed by atoms with E-state index in [-0.39, 0.29) is 47.9 Å². The number of aromatic amines is 1. The molecule has 378 valence electrons. The van der Waals surface area contributed by atoms with Crippen LogP contribution in [0.2, 0.25) is 0 Å². The number of fused-ring (bicyclic) bond motifs is 3. The molecular weight excluding hydrogens is 941 g/mol. The summed E-state index contributed by atoms with van der Waals surface area (Å²) in [6.45, 7) is 13.3. The number of aliphatic hydroxyl groups is 1. The lowest BCUT2D eigenvalue weighted by Gasteiger charge is -2.61. The van der Waals surface area contributed by atoms with Gasteiger partial charge in [0.05, 0.1) is 33.9 Å². The van der Waals surface area contributed by atoms with Gasteiger partial charge in [-0.2, -0.15) is 0 Å². The summed E-state index contributed by atoms with van der Waals surface area (Å²) in [5.74, 6) is 1.30. The van der Waals surface area contributed by atoms with Gasteiger partial charge >= 0.3 is 0 Å². The zero-order chi connectivity index (χ0) is 50.1. The minimum Gasteiger partial charge on any atom is -0.507 e. The third-order valence-corrected chi connectivity index (χ3v) is 17.5. The summed E-state index contributed by atoms with van der Waals surface area (Å²) in [5, 5.41) is 38.6. The Morgan fingerprint density at radius 3 is 2.48 bits per heavy atom. The molecule has 0 radical (unpaired) electrons. The van der Waals surface area contributed by atoms with E-state index in [2.05, 4.69) is 52.3 Å². The SMILES string of the molecule is Cc1ncsc1-c1ccc(CNC(=O)[C@@H]2C[C@@H](O)CN2C(=O)C(c2cc(N3CC4(CC(N5CCC(c6cnc(N7CCc8[nH]c9nnc(-c%10ccccc%10O)cc9c8[C@H]7C)nc6)CC5)C4)C3)no2)C(C)C)cc1. The molecule has 9 heterocycles. The predicted molar refractivity (Wildman–Crippen MR) is 278 cm³/mol. The number of β-amino-alcohol motifs (C(OH)–C–C–N with tert-alkyl or cyclic N) is 1. The van der Waals surface area contributed by atoms with Crippen LogP contribution in [-0.4, -0.2) is 125 Å². The van der Waals surface area contributed by atoms with Crippen molar-refractivity contribution in [2.24, 2.45) is 11.3 Å². The number of phenols is 1. The number of aromatic nitrogens is 7. The van der Waals surface area contributed by atoms with Gasteiger partial charge in [0.15, 0.2) is 17.2 Å². The smallest absolute Gasteiger partial charge is 0.243 e. The first-order chi connectivity index (χ1) is 35.4. The second kappa shape index (κ2) is 18.9. The molecular formula is C55H62N12O5S. The zero-order valence-electron chi connectivity index (χ0n) is 41.7. The number of hydrogen-bond acceptors (Lipinski definition) is 15. The maximum Gasteiger partial charge on any atom is 0.243 e. The number of nitrogens with one attached hydrogen (secondary N) is 2. The van der Waals surface area contributed by atoms with E-state index in [1.807, 2.05) is 87.2 Å². The summed E-state index contributed by atoms with van der Waals surface area (Å²) < 4.78 is 5.93. The number of aliphatic hydroxyl groups excluding tert-OH is 1. The molecule has 1 unspecified atom stereocenters. The Balaban J connectivity index is 0.615. The van der Waals surface area contributed by atoms with E-state index >= 15 is 0 Å². The maximum atomic E-state index is 14.3. The summed E-state index contributed by atoms with van der Waals surface area (Å²) in [5.41, 5.74) is 10.7. The first-order valence-corrected chi connectivity index (χ1v) is 26.7. The number of hydrogen-bond donors (Lipinski definition) is 4.